The molecule has 0 aliphatic heterocycles. The van der Waals surface area contributed by atoms with Crippen LogP contribution in [0.1, 0.15) is 23.6 Å². The fourth-order valence-electron chi connectivity index (χ4n) is 1.41. The zero-order valence-corrected chi connectivity index (χ0v) is 12.3. The van der Waals surface area contributed by atoms with Gasteiger partial charge in [0.15, 0.2) is 0 Å². The van der Waals surface area contributed by atoms with Crippen molar-refractivity contribution in [2.75, 3.05) is 20.6 Å². The van der Waals surface area contributed by atoms with Crippen molar-refractivity contribution in [2.24, 2.45) is 0 Å². The summed E-state index contributed by atoms with van der Waals surface area (Å²) in [6.45, 7) is 6.06. The molecule has 1 rings (SSSR count). The molecule has 1 heterocycles. The van der Waals surface area contributed by atoms with Gasteiger partial charge in [0.2, 0.25) is 0 Å². The normalized spacial score (nSPS) is 12.1. The van der Waals surface area contributed by atoms with Crippen LogP contribution >= 0.6 is 11.3 Å². The lowest BCUT2D eigenvalue weighted by Gasteiger charge is -2.32. The Hall–Kier alpha value is -0.910. The Morgan fingerprint density at radius 2 is 2.00 bits per heavy atom. The highest BCUT2D eigenvalue weighted by atomic mass is 32.1. The Morgan fingerprint density at radius 3 is 2.56 bits per heavy atom. The number of hydrogen-bond acceptors (Lipinski definition) is 4. The molecule has 1 aromatic heterocycles. The maximum Gasteiger partial charge on any atom is 0.308 e. The highest BCUT2D eigenvalue weighted by Gasteiger charge is 2.19. The van der Waals surface area contributed by atoms with Crippen LogP contribution < -0.4 is 5.32 Å². The molecular formula is C13H22N2O2S. The molecule has 4 nitrogen and oxygen atoms in total. The number of rotatable bonds is 7. The van der Waals surface area contributed by atoms with Gasteiger partial charge in [0.1, 0.15) is 0 Å². The maximum atomic E-state index is 10.6. The molecule has 0 unspecified atom stereocenters. The summed E-state index contributed by atoms with van der Waals surface area (Å²) in [7, 11) is 4.13. The van der Waals surface area contributed by atoms with Crippen molar-refractivity contribution in [1.29, 1.82) is 0 Å². The Labute approximate surface area is 113 Å². The van der Waals surface area contributed by atoms with E-state index in [-0.39, 0.29) is 12.0 Å². The molecule has 0 bridgehead atoms. The summed E-state index contributed by atoms with van der Waals surface area (Å²) in [6, 6.07) is 3.89. The van der Waals surface area contributed by atoms with Gasteiger partial charge in [-0.15, -0.1) is 11.3 Å². The number of likely N-dealkylation sites (N-methyl/N-ethyl adjacent to an activating group) is 1. The molecule has 0 aromatic carbocycles. The van der Waals surface area contributed by atoms with E-state index < -0.39 is 5.97 Å². The largest absolute Gasteiger partial charge is 0.481 e. The second kappa shape index (κ2) is 6.31. The highest BCUT2D eigenvalue weighted by Crippen LogP contribution is 2.17. The third-order valence-electron chi connectivity index (χ3n) is 3.11. The Bertz CT molecular complexity index is 399. The quantitative estimate of drug-likeness (QED) is 0.793. The van der Waals surface area contributed by atoms with Crippen LogP contribution in [-0.2, 0) is 17.8 Å². The van der Waals surface area contributed by atoms with Crippen molar-refractivity contribution in [3.05, 3.63) is 21.9 Å². The van der Waals surface area contributed by atoms with Crippen LogP contribution in [0.2, 0.25) is 0 Å². The number of hydrogen-bond donors (Lipinski definition) is 2. The number of carbonyl (C=O) groups is 1. The van der Waals surface area contributed by atoms with Crippen LogP contribution in [0.25, 0.3) is 0 Å². The molecule has 0 aliphatic rings. The number of nitrogens with zero attached hydrogens (tertiary/aromatic N) is 1. The molecule has 18 heavy (non-hydrogen) atoms. The van der Waals surface area contributed by atoms with E-state index in [1.165, 1.54) is 4.88 Å². The van der Waals surface area contributed by atoms with E-state index in [0.29, 0.717) is 0 Å². The monoisotopic (exact) mass is 270 g/mol. The van der Waals surface area contributed by atoms with Crippen LogP contribution in [0.5, 0.6) is 0 Å². The third-order valence-corrected chi connectivity index (χ3v) is 4.20. The van der Waals surface area contributed by atoms with Gasteiger partial charge in [-0.2, -0.15) is 0 Å². The maximum absolute atomic E-state index is 10.6. The van der Waals surface area contributed by atoms with Crippen molar-refractivity contribution >= 4 is 17.3 Å². The van der Waals surface area contributed by atoms with E-state index in [0.717, 1.165) is 18.0 Å². The first-order chi connectivity index (χ1) is 8.31. The Kier molecular flexibility index (Phi) is 5.31. The fourth-order valence-corrected chi connectivity index (χ4v) is 2.39. The molecule has 0 atom stereocenters. The fraction of sp³-hybridized carbons (Fsp3) is 0.615. The summed E-state index contributed by atoms with van der Waals surface area (Å²) < 4.78 is 0. The molecule has 1 aromatic rings. The first-order valence-corrected chi connectivity index (χ1v) is 6.80. The zero-order valence-electron chi connectivity index (χ0n) is 11.5. The predicted octanol–water partition coefficient (Wildman–Crippen LogP) is 1.80. The number of carboxylic acids is 1. The molecule has 0 radical (unpaired) electrons. The van der Waals surface area contributed by atoms with Crippen molar-refractivity contribution in [2.45, 2.75) is 32.4 Å². The average molecular weight is 270 g/mol. The number of aliphatic carboxylic acids is 1. The summed E-state index contributed by atoms with van der Waals surface area (Å²) >= 11 is 1.56. The average Bonchev–Trinajstić information content (AvgIpc) is 2.64. The molecule has 0 spiro atoms. The number of carboxylic acid groups (broad SMARTS) is 1. The number of thiophene rings is 1. The minimum atomic E-state index is -0.773. The highest BCUT2D eigenvalue weighted by molar-refractivity contribution is 7.12. The van der Waals surface area contributed by atoms with Crippen LogP contribution in [0.15, 0.2) is 12.1 Å². The lowest BCUT2D eigenvalue weighted by molar-refractivity contribution is -0.136. The summed E-state index contributed by atoms with van der Waals surface area (Å²) in [4.78, 5) is 14.9. The third kappa shape index (κ3) is 4.76. The van der Waals surface area contributed by atoms with E-state index in [9.17, 15) is 4.79 Å². The standard InChI is InChI=1S/C13H22N2O2S/c1-13(2,15(3)4)9-14-8-11-6-5-10(18-11)7-12(16)17/h5-6,14H,7-9H2,1-4H3,(H,16,17). The van der Waals surface area contributed by atoms with Gasteiger partial charge in [-0.1, -0.05) is 0 Å². The topological polar surface area (TPSA) is 52.6 Å². The van der Waals surface area contributed by atoms with Crippen LogP contribution in [0.4, 0.5) is 0 Å². The minimum Gasteiger partial charge on any atom is -0.481 e. The van der Waals surface area contributed by atoms with Crippen molar-refractivity contribution in [3.63, 3.8) is 0 Å². The Morgan fingerprint density at radius 1 is 1.39 bits per heavy atom. The van der Waals surface area contributed by atoms with Crippen molar-refractivity contribution in [3.8, 4) is 0 Å². The molecule has 0 fully saturated rings. The van der Waals surface area contributed by atoms with E-state index >= 15 is 0 Å². The molecule has 5 heteroatoms. The molecule has 0 saturated carbocycles. The smallest absolute Gasteiger partial charge is 0.308 e. The first kappa shape index (κ1) is 15.1. The second-order valence-corrected chi connectivity index (χ2v) is 6.50. The van der Waals surface area contributed by atoms with E-state index in [1.54, 1.807) is 11.3 Å². The van der Waals surface area contributed by atoms with Gasteiger partial charge in [-0.25, -0.2) is 0 Å². The predicted molar refractivity (Wildman–Crippen MR) is 75.1 cm³/mol. The summed E-state index contributed by atoms with van der Waals surface area (Å²) in [5.41, 5.74) is 0.112. The second-order valence-electron chi connectivity index (χ2n) is 5.25. The van der Waals surface area contributed by atoms with E-state index in [2.05, 4.69) is 38.2 Å². The lowest BCUT2D eigenvalue weighted by Crippen LogP contribution is -2.46. The summed E-state index contributed by atoms with van der Waals surface area (Å²) in [6.07, 6.45) is 0.119. The Balaban J connectivity index is 2.40. The van der Waals surface area contributed by atoms with Gasteiger partial charge >= 0.3 is 5.97 Å². The van der Waals surface area contributed by atoms with E-state index in [1.807, 2.05) is 12.1 Å². The molecule has 102 valence electrons. The van der Waals surface area contributed by atoms with Crippen LogP contribution in [0, 0.1) is 0 Å². The van der Waals surface area contributed by atoms with Gasteiger partial charge in [-0.05, 0) is 40.1 Å². The molecule has 2 N–H and O–H groups in total. The SMILES string of the molecule is CN(C)C(C)(C)CNCc1ccc(CC(=O)O)s1. The van der Waals surface area contributed by atoms with Crippen LogP contribution in [-0.4, -0.2) is 42.2 Å². The van der Waals surface area contributed by atoms with Gasteiger partial charge < -0.3 is 15.3 Å². The molecule has 0 amide bonds. The van der Waals surface area contributed by atoms with Crippen molar-refractivity contribution < 1.29 is 9.90 Å². The summed E-state index contributed by atoms with van der Waals surface area (Å²) in [5, 5.41) is 12.1. The minimum absolute atomic E-state index is 0.112. The lowest BCUT2D eigenvalue weighted by atomic mass is 10.0. The van der Waals surface area contributed by atoms with Gasteiger partial charge in [0.25, 0.3) is 0 Å². The van der Waals surface area contributed by atoms with E-state index in [4.69, 9.17) is 5.11 Å². The first-order valence-electron chi connectivity index (χ1n) is 5.99. The van der Waals surface area contributed by atoms with Gasteiger partial charge in [-0.3, -0.25) is 4.79 Å². The summed E-state index contributed by atoms with van der Waals surface area (Å²) in [5.74, 6) is -0.773. The van der Waals surface area contributed by atoms with Gasteiger partial charge in [0.05, 0.1) is 6.42 Å². The molecule has 0 aliphatic carbocycles. The molecule has 0 saturated heterocycles. The van der Waals surface area contributed by atoms with Crippen molar-refractivity contribution in [1.82, 2.24) is 10.2 Å². The molecular weight excluding hydrogens is 248 g/mol. The zero-order chi connectivity index (χ0) is 13.8. The van der Waals surface area contributed by atoms with Crippen LogP contribution in [0.3, 0.4) is 0 Å². The number of nitrogens with one attached hydrogen (secondary N) is 1. The van der Waals surface area contributed by atoms with Gasteiger partial charge in [0, 0.05) is 28.4 Å².